The Bertz CT molecular complexity index is 628. The van der Waals surface area contributed by atoms with Gasteiger partial charge in [-0.1, -0.05) is 48.0 Å². The number of carbonyl (C=O) groups excluding carboxylic acids is 1. The number of rotatable bonds is 6. The Morgan fingerprint density at radius 2 is 1.91 bits per heavy atom. The molecule has 4 heteroatoms. The highest BCUT2D eigenvalue weighted by molar-refractivity contribution is 6.31. The van der Waals surface area contributed by atoms with Gasteiger partial charge in [0, 0.05) is 17.3 Å². The van der Waals surface area contributed by atoms with Gasteiger partial charge in [0.2, 0.25) is 5.91 Å². The Balaban J connectivity index is 1.79. The summed E-state index contributed by atoms with van der Waals surface area (Å²) in [5.41, 5.74) is 3.01. The first-order valence-electron chi connectivity index (χ1n) is 7.33. The lowest BCUT2D eigenvalue weighted by molar-refractivity contribution is -0.117. The number of nitrogens with zero attached hydrogens (tertiary/aromatic N) is 1. The second kappa shape index (κ2) is 7.97. The third-order valence-electron chi connectivity index (χ3n) is 3.49. The van der Waals surface area contributed by atoms with Crippen molar-refractivity contribution in [1.29, 1.82) is 0 Å². The Morgan fingerprint density at radius 3 is 2.59 bits per heavy atom. The van der Waals surface area contributed by atoms with Crippen LogP contribution in [-0.2, 0) is 11.2 Å². The smallest absolute Gasteiger partial charge is 0.238 e. The molecule has 2 rings (SSSR count). The van der Waals surface area contributed by atoms with Crippen LogP contribution in [0.5, 0.6) is 0 Å². The van der Waals surface area contributed by atoms with Crippen molar-refractivity contribution in [3.63, 3.8) is 0 Å². The van der Waals surface area contributed by atoms with Gasteiger partial charge in [0.1, 0.15) is 0 Å². The summed E-state index contributed by atoms with van der Waals surface area (Å²) in [6.45, 7) is 3.13. The molecular weight excluding hydrogens is 296 g/mol. The summed E-state index contributed by atoms with van der Waals surface area (Å²) in [6.07, 6.45) is 0.932. The van der Waals surface area contributed by atoms with E-state index in [1.54, 1.807) is 6.07 Å². The maximum Gasteiger partial charge on any atom is 0.238 e. The second-order valence-electron chi connectivity index (χ2n) is 5.49. The molecule has 0 fully saturated rings. The Hall–Kier alpha value is -1.84. The van der Waals surface area contributed by atoms with Crippen LogP contribution in [0.25, 0.3) is 0 Å². The molecule has 0 atom stereocenters. The van der Waals surface area contributed by atoms with Gasteiger partial charge in [0.15, 0.2) is 0 Å². The van der Waals surface area contributed by atoms with Gasteiger partial charge in [-0.2, -0.15) is 0 Å². The lowest BCUT2D eigenvalue weighted by atomic mass is 10.1. The van der Waals surface area contributed by atoms with E-state index in [-0.39, 0.29) is 5.91 Å². The average Bonchev–Trinajstić information content (AvgIpc) is 2.50. The van der Waals surface area contributed by atoms with Crippen molar-refractivity contribution >= 4 is 23.2 Å². The first kappa shape index (κ1) is 16.5. The number of amides is 1. The molecule has 1 amide bonds. The zero-order chi connectivity index (χ0) is 15.9. The van der Waals surface area contributed by atoms with E-state index in [4.69, 9.17) is 11.6 Å². The zero-order valence-corrected chi connectivity index (χ0v) is 13.7. The second-order valence-corrected chi connectivity index (χ2v) is 5.89. The number of anilines is 1. The van der Waals surface area contributed by atoms with Crippen LogP contribution in [0.2, 0.25) is 5.02 Å². The minimum atomic E-state index is -0.0320. The van der Waals surface area contributed by atoms with Gasteiger partial charge in [-0.15, -0.1) is 0 Å². The Morgan fingerprint density at radius 1 is 1.18 bits per heavy atom. The normalized spacial score (nSPS) is 10.7. The van der Waals surface area contributed by atoms with Gasteiger partial charge in [0.05, 0.1) is 6.54 Å². The fourth-order valence-corrected chi connectivity index (χ4v) is 2.34. The largest absolute Gasteiger partial charge is 0.325 e. The zero-order valence-electron chi connectivity index (χ0n) is 13.0. The van der Waals surface area contributed by atoms with Crippen LogP contribution >= 0.6 is 11.6 Å². The van der Waals surface area contributed by atoms with E-state index in [0.29, 0.717) is 11.6 Å². The molecule has 3 nitrogen and oxygen atoms in total. The number of benzene rings is 2. The molecule has 0 saturated carbocycles. The molecule has 0 aromatic heterocycles. The maximum absolute atomic E-state index is 12.0. The lowest BCUT2D eigenvalue weighted by Crippen LogP contribution is -2.31. The predicted octanol–water partition coefficient (Wildman–Crippen LogP) is 3.76. The monoisotopic (exact) mass is 316 g/mol. The van der Waals surface area contributed by atoms with E-state index in [2.05, 4.69) is 17.4 Å². The van der Waals surface area contributed by atoms with Crippen molar-refractivity contribution in [3.8, 4) is 0 Å². The summed E-state index contributed by atoms with van der Waals surface area (Å²) in [6, 6.07) is 15.8. The molecule has 0 saturated heterocycles. The average molecular weight is 317 g/mol. The number of halogens is 1. The molecule has 0 aliphatic carbocycles. The minimum Gasteiger partial charge on any atom is -0.325 e. The SMILES string of the molecule is Cc1ccc(NC(=O)CN(C)CCc2ccccc2)cc1Cl. The number of likely N-dealkylation sites (N-methyl/N-ethyl adjacent to an activating group) is 1. The molecule has 22 heavy (non-hydrogen) atoms. The molecule has 0 spiro atoms. The third-order valence-corrected chi connectivity index (χ3v) is 3.90. The molecule has 2 aromatic rings. The van der Waals surface area contributed by atoms with Crippen molar-refractivity contribution in [2.45, 2.75) is 13.3 Å². The third kappa shape index (κ3) is 5.17. The molecule has 0 aliphatic rings. The molecule has 1 N–H and O–H groups in total. The summed E-state index contributed by atoms with van der Waals surface area (Å²) in [5.74, 6) is -0.0320. The molecule has 0 radical (unpaired) electrons. The van der Waals surface area contributed by atoms with Crippen LogP contribution in [0.1, 0.15) is 11.1 Å². The van der Waals surface area contributed by atoms with Crippen LogP contribution in [0.3, 0.4) is 0 Å². The molecule has 0 heterocycles. The Kier molecular flexibility index (Phi) is 5.99. The maximum atomic E-state index is 12.0. The summed E-state index contributed by atoms with van der Waals surface area (Å²) in [5, 5.41) is 3.54. The van der Waals surface area contributed by atoms with Crippen LogP contribution in [0.15, 0.2) is 48.5 Å². The number of carbonyl (C=O) groups is 1. The van der Waals surface area contributed by atoms with Gasteiger partial charge in [-0.05, 0) is 43.7 Å². The van der Waals surface area contributed by atoms with Gasteiger partial charge in [-0.3, -0.25) is 9.69 Å². The van der Waals surface area contributed by atoms with E-state index in [1.807, 2.05) is 49.2 Å². The minimum absolute atomic E-state index is 0.0320. The van der Waals surface area contributed by atoms with Crippen molar-refractivity contribution in [3.05, 3.63) is 64.7 Å². The molecule has 0 bridgehead atoms. The summed E-state index contributed by atoms with van der Waals surface area (Å²) in [7, 11) is 1.95. The van der Waals surface area contributed by atoms with Crippen molar-refractivity contribution in [1.82, 2.24) is 4.90 Å². The van der Waals surface area contributed by atoms with E-state index >= 15 is 0 Å². The van der Waals surface area contributed by atoms with Crippen LogP contribution < -0.4 is 5.32 Å². The highest BCUT2D eigenvalue weighted by Crippen LogP contribution is 2.19. The van der Waals surface area contributed by atoms with E-state index in [9.17, 15) is 4.79 Å². The van der Waals surface area contributed by atoms with E-state index < -0.39 is 0 Å². The number of aryl methyl sites for hydroxylation is 1. The first-order chi connectivity index (χ1) is 10.5. The van der Waals surface area contributed by atoms with Gasteiger partial charge < -0.3 is 5.32 Å². The summed E-state index contributed by atoms with van der Waals surface area (Å²) >= 11 is 6.06. The lowest BCUT2D eigenvalue weighted by Gasteiger charge is -2.16. The number of hydrogen-bond donors (Lipinski definition) is 1. The van der Waals surface area contributed by atoms with Crippen molar-refractivity contribution in [2.75, 3.05) is 25.5 Å². The van der Waals surface area contributed by atoms with Gasteiger partial charge in [0.25, 0.3) is 0 Å². The van der Waals surface area contributed by atoms with Crippen molar-refractivity contribution < 1.29 is 4.79 Å². The molecule has 116 valence electrons. The first-order valence-corrected chi connectivity index (χ1v) is 7.71. The Labute approximate surface area is 136 Å². The van der Waals surface area contributed by atoms with Crippen LogP contribution in [-0.4, -0.2) is 30.9 Å². The molecule has 0 unspecified atom stereocenters. The van der Waals surface area contributed by atoms with Gasteiger partial charge in [-0.25, -0.2) is 0 Å². The topological polar surface area (TPSA) is 32.3 Å². The number of hydrogen-bond acceptors (Lipinski definition) is 2. The van der Waals surface area contributed by atoms with Crippen LogP contribution in [0, 0.1) is 6.92 Å². The quantitative estimate of drug-likeness (QED) is 0.880. The molecular formula is C18H21ClN2O. The standard InChI is InChI=1S/C18H21ClN2O/c1-14-8-9-16(12-17(14)19)20-18(22)13-21(2)11-10-15-6-4-3-5-7-15/h3-9,12H,10-11,13H2,1-2H3,(H,20,22). The fourth-order valence-electron chi connectivity index (χ4n) is 2.16. The summed E-state index contributed by atoms with van der Waals surface area (Å²) in [4.78, 5) is 14.0. The van der Waals surface area contributed by atoms with Crippen LogP contribution in [0.4, 0.5) is 5.69 Å². The van der Waals surface area contributed by atoms with E-state index in [1.165, 1.54) is 5.56 Å². The highest BCUT2D eigenvalue weighted by atomic mass is 35.5. The molecule has 0 aliphatic heterocycles. The highest BCUT2D eigenvalue weighted by Gasteiger charge is 2.08. The molecule has 2 aromatic carbocycles. The summed E-state index contributed by atoms with van der Waals surface area (Å²) < 4.78 is 0. The predicted molar refractivity (Wildman–Crippen MR) is 92.5 cm³/mol. The fraction of sp³-hybridized carbons (Fsp3) is 0.278. The van der Waals surface area contributed by atoms with Gasteiger partial charge >= 0.3 is 0 Å². The van der Waals surface area contributed by atoms with Crippen molar-refractivity contribution in [2.24, 2.45) is 0 Å². The van der Waals surface area contributed by atoms with E-state index in [0.717, 1.165) is 24.2 Å². The number of nitrogens with one attached hydrogen (secondary N) is 1.